The maximum Gasteiger partial charge on any atom is 0.119 e. The lowest BCUT2D eigenvalue weighted by molar-refractivity contribution is 0.187. The first kappa shape index (κ1) is 13.6. The zero-order valence-electron chi connectivity index (χ0n) is 11.0. The molecule has 0 aliphatic carbocycles. The molecule has 0 aliphatic rings. The first-order valence-electron chi connectivity index (χ1n) is 6.46. The van der Waals surface area contributed by atoms with Crippen molar-refractivity contribution in [2.75, 3.05) is 13.2 Å². The van der Waals surface area contributed by atoms with Gasteiger partial charge in [0.15, 0.2) is 0 Å². The van der Waals surface area contributed by atoms with Gasteiger partial charge >= 0.3 is 0 Å². The molecule has 0 aliphatic heterocycles. The van der Waals surface area contributed by atoms with Crippen molar-refractivity contribution >= 4 is 0 Å². The molecule has 0 amide bonds. The highest BCUT2D eigenvalue weighted by molar-refractivity contribution is 5.64. The Kier molecular flexibility index (Phi) is 4.55. The van der Waals surface area contributed by atoms with Gasteiger partial charge in [-0.2, -0.15) is 0 Å². The quantitative estimate of drug-likeness (QED) is 0.866. The molecule has 0 aromatic heterocycles. The van der Waals surface area contributed by atoms with Gasteiger partial charge in [0.2, 0.25) is 0 Å². The van der Waals surface area contributed by atoms with Crippen LogP contribution in [0.3, 0.4) is 0 Å². The van der Waals surface area contributed by atoms with Crippen molar-refractivity contribution in [3.05, 3.63) is 54.1 Å². The molecular weight excluding hydrogens is 238 g/mol. The molecule has 19 heavy (non-hydrogen) atoms. The number of nitrogens with two attached hydrogens (primary N) is 1. The minimum atomic E-state index is -0.589. The van der Waals surface area contributed by atoms with E-state index in [1.807, 2.05) is 55.5 Å². The first-order chi connectivity index (χ1) is 9.24. The average Bonchev–Trinajstić information content (AvgIpc) is 2.48. The van der Waals surface area contributed by atoms with E-state index < -0.39 is 6.10 Å². The third-order valence-corrected chi connectivity index (χ3v) is 3.02. The SMILES string of the molecule is CCOc1ccc(-c2ccc(C(O)CN)cc2)cc1. The van der Waals surface area contributed by atoms with Gasteiger partial charge in [0, 0.05) is 6.54 Å². The van der Waals surface area contributed by atoms with E-state index in [2.05, 4.69) is 0 Å². The van der Waals surface area contributed by atoms with Crippen molar-refractivity contribution in [2.45, 2.75) is 13.0 Å². The molecule has 0 heterocycles. The fraction of sp³-hybridized carbons (Fsp3) is 0.250. The predicted octanol–water partition coefficient (Wildman–Crippen LogP) is 2.74. The van der Waals surface area contributed by atoms with E-state index in [0.29, 0.717) is 6.61 Å². The topological polar surface area (TPSA) is 55.5 Å². The minimum absolute atomic E-state index is 0.238. The van der Waals surface area contributed by atoms with E-state index in [0.717, 1.165) is 22.4 Å². The Bertz CT molecular complexity index is 505. The Morgan fingerprint density at radius 1 is 1.00 bits per heavy atom. The van der Waals surface area contributed by atoms with Crippen LogP contribution in [0.2, 0.25) is 0 Å². The van der Waals surface area contributed by atoms with Gasteiger partial charge in [0.1, 0.15) is 5.75 Å². The normalized spacial score (nSPS) is 12.2. The zero-order chi connectivity index (χ0) is 13.7. The fourth-order valence-corrected chi connectivity index (χ4v) is 1.94. The van der Waals surface area contributed by atoms with E-state index in [1.54, 1.807) is 0 Å². The second-order valence-corrected chi connectivity index (χ2v) is 4.33. The van der Waals surface area contributed by atoms with Crippen LogP contribution in [-0.2, 0) is 0 Å². The maximum absolute atomic E-state index is 9.64. The van der Waals surface area contributed by atoms with E-state index in [4.69, 9.17) is 10.5 Å². The molecule has 0 fully saturated rings. The summed E-state index contributed by atoms with van der Waals surface area (Å²) < 4.78 is 5.41. The number of rotatable bonds is 5. The molecule has 3 heteroatoms. The molecule has 0 bridgehead atoms. The number of aliphatic hydroxyl groups excluding tert-OH is 1. The molecule has 0 saturated carbocycles. The third kappa shape index (κ3) is 3.34. The van der Waals surface area contributed by atoms with Crippen LogP contribution in [0.4, 0.5) is 0 Å². The summed E-state index contributed by atoms with van der Waals surface area (Å²) in [4.78, 5) is 0. The average molecular weight is 257 g/mol. The highest BCUT2D eigenvalue weighted by atomic mass is 16.5. The molecule has 1 unspecified atom stereocenters. The lowest BCUT2D eigenvalue weighted by atomic mass is 10.0. The van der Waals surface area contributed by atoms with E-state index >= 15 is 0 Å². The summed E-state index contributed by atoms with van der Waals surface area (Å²) in [6.07, 6.45) is -0.589. The zero-order valence-corrected chi connectivity index (χ0v) is 11.0. The van der Waals surface area contributed by atoms with E-state index in [-0.39, 0.29) is 6.54 Å². The highest BCUT2D eigenvalue weighted by Gasteiger charge is 2.05. The van der Waals surface area contributed by atoms with E-state index in [9.17, 15) is 5.11 Å². The number of benzene rings is 2. The summed E-state index contributed by atoms with van der Waals surface area (Å²) in [5.74, 6) is 0.876. The van der Waals surface area contributed by atoms with Gasteiger partial charge in [-0.25, -0.2) is 0 Å². The molecule has 0 spiro atoms. The number of ether oxygens (including phenoxy) is 1. The Morgan fingerprint density at radius 2 is 1.53 bits per heavy atom. The Balaban J connectivity index is 2.17. The second-order valence-electron chi connectivity index (χ2n) is 4.33. The molecule has 1 atom stereocenters. The summed E-state index contributed by atoms with van der Waals surface area (Å²) in [5.41, 5.74) is 8.51. The lowest BCUT2D eigenvalue weighted by Crippen LogP contribution is -2.11. The van der Waals surface area contributed by atoms with Crippen molar-refractivity contribution in [3.8, 4) is 16.9 Å². The summed E-state index contributed by atoms with van der Waals surface area (Å²) in [5, 5.41) is 9.64. The van der Waals surface area contributed by atoms with Crippen molar-refractivity contribution < 1.29 is 9.84 Å². The minimum Gasteiger partial charge on any atom is -0.494 e. The van der Waals surface area contributed by atoms with Crippen molar-refractivity contribution in [1.29, 1.82) is 0 Å². The molecule has 0 radical (unpaired) electrons. The molecule has 3 N–H and O–H groups in total. The summed E-state index contributed by atoms with van der Waals surface area (Å²) in [6, 6.07) is 15.8. The van der Waals surface area contributed by atoms with Crippen LogP contribution in [0.5, 0.6) is 5.75 Å². The predicted molar refractivity (Wildman–Crippen MR) is 77.1 cm³/mol. The Hall–Kier alpha value is -1.84. The largest absolute Gasteiger partial charge is 0.494 e. The smallest absolute Gasteiger partial charge is 0.119 e. The molecule has 2 aromatic carbocycles. The molecule has 2 aromatic rings. The van der Waals surface area contributed by atoms with Crippen LogP contribution in [0.25, 0.3) is 11.1 Å². The van der Waals surface area contributed by atoms with Gasteiger partial charge in [-0.05, 0) is 35.7 Å². The summed E-state index contributed by atoms with van der Waals surface area (Å²) in [6.45, 7) is 2.88. The Morgan fingerprint density at radius 3 is 2.00 bits per heavy atom. The van der Waals surface area contributed by atoms with Crippen molar-refractivity contribution in [3.63, 3.8) is 0 Å². The van der Waals surface area contributed by atoms with Crippen LogP contribution < -0.4 is 10.5 Å². The van der Waals surface area contributed by atoms with Crippen molar-refractivity contribution in [2.24, 2.45) is 5.73 Å². The van der Waals surface area contributed by atoms with Gasteiger partial charge < -0.3 is 15.6 Å². The molecule has 3 nitrogen and oxygen atoms in total. The van der Waals surface area contributed by atoms with Gasteiger partial charge in [-0.15, -0.1) is 0 Å². The van der Waals surface area contributed by atoms with Crippen LogP contribution in [0.15, 0.2) is 48.5 Å². The van der Waals surface area contributed by atoms with Gasteiger partial charge in [0.25, 0.3) is 0 Å². The van der Waals surface area contributed by atoms with Crippen LogP contribution in [0.1, 0.15) is 18.6 Å². The molecular formula is C16H19NO2. The van der Waals surface area contributed by atoms with Gasteiger partial charge in [-0.3, -0.25) is 0 Å². The lowest BCUT2D eigenvalue weighted by Gasteiger charge is -2.09. The molecule has 0 saturated heterocycles. The monoisotopic (exact) mass is 257 g/mol. The first-order valence-corrected chi connectivity index (χ1v) is 6.46. The van der Waals surface area contributed by atoms with Gasteiger partial charge in [0.05, 0.1) is 12.7 Å². The standard InChI is InChI=1S/C16H19NO2/c1-2-19-15-9-7-13(8-10-15)12-3-5-14(6-4-12)16(18)11-17/h3-10,16,18H,2,11,17H2,1H3. The second kappa shape index (κ2) is 6.36. The summed E-state index contributed by atoms with van der Waals surface area (Å²) in [7, 11) is 0. The number of hydrogen-bond donors (Lipinski definition) is 2. The van der Waals surface area contributed by atoms with Crippen LogP contribution in [0, 0.1) is 0 Å². The number of aliphatic hydroxyl groups is 1. The van der Waals surface area contributed by atoms with E-state index in [1.165, 1.54) is 0 Å². The maximum atomic E-state index is 9.64. The fourth-order valence-electron chi connectivity index (χ4n) is 1.94. The Labute approximate surface area is 113 Å². The van der Waals surface area contributed by atoms with Crippen LogP contribution >= 0.6 is 0 Å². The van der Waals surface area contributed by atoms with Gasteiger partial charge in [-0.1, -0.05) is 36.4 Å². The summed E-state index contributed by atoms with van der Waals surface area (Å²) >= 11 is 0. The molecule has 100 valence electrons. The number of hydrogen-bond acceptors (Lipinski definition) is 3. The third-order valence-electron chi connectivity index (χ3n) is 3.02. The molecule has 2 rings (SSSR count). The van der Waals surface area contributed by atoms with Crippen LogP contribution in [-0.4, -0.2) is 18.3 Å². The van der Waals surface area contributed by atoms with Crippen molar-refractivity contribution in [1.82, 2.24) is 0 Å². The highest BCUT2D eigenvalue weighted by Crippen LogP contribution is 2.24.